The van der Waals surface area contributed by atoms with Crippen LogP contribution in [0.2, 0.25) is 0 Å². The number of alkyl halides is 3. The molecule has 0 radical (unpaired) electrons. The van der Waals surface area contributed by atoms with Gasteiger partial charge in [-0.3, -0.25) is 0 Å². The minimum Gasteiger partial charge on any atom is -0.508 e. The van der Waals surface area contributed by atoms with Gasteiger partial charge in [0.05, 0.1) is 0 Å². The molecule has 1 unspecified atom stereocenters. The second-order valence-corrected chi connectivity index (χ2v) is 2.95. The smallest absolute Gasteiger partial charge is 0.418 e. The number of hydrogen-bond donors (Lipinski definition) is 2. The van der Waals surface area contributed by atoms with E-state index in [1.807, 2.05) is 0 Å². The molecule has 1 atom stereocenters. The van der Waals surface area contributed by atoms with Crippen molar-refractivity contribution in [3.8, 4) is 5.75 Å². The van der Waals surface area contributed by atoms with Crippen molar-refractivity contribution in [3.05, 3.63) is 29.3 Å². The van der Waals surface area contributed by atoms with Crippen LogP contribution >= 0.6 is 0 Å². The highest BCUT2D eigenvalue weighted by Gasteiger charge is 2.41. The number of aliphatic hydroxyl groups excluding tert-OH is 1. The van der Waals surface area contributed by atoms with E-state index in [9.17, 15) is 13.2 Å². The molecule has 0 spiro atoms. The summed E-state index contributed by atoms with van der Waals surface area (Å²) in [7, 11) is 0. The number of phenols is 1. The maximum atomic E-state index is 12.1. The van der Waals surface area contributed by atoms with Gasteiger partial charge in [-0.2, -0.15) is 13.2 Å². The van der Waals surface area contributed by atoms with Crippen LogP contribution in [0, 0.1) is 6.92 Å². The number of rotatable bonds is 1. The van der Waals surface area contributed by atoms with Crippen LogP contribution in [0.1, 0.15) is 17.2 Å². The van der Waals surface area contributed by atoms with Gasteiger partial charge in [0.15, 0.2) is 6.10 Å². The minimum absolute atomic E-state index is 0.204. The Morgan fingerprint density at radius 2 is 1.86 bits per heavy atom. The predicted molar refractivity (Wildman–Crippen MR) is 43.9 cm³/mol. The Morgan fingerprint density at radius 3 is 2.29 bits per heavy atom. The maximum absolute atomic E-state index is 12.1. The van der Waals surface area contributed by atoms with E-state index >= 15 is 0 Å². The summed E-state index contributed by atoms with van der Waals surface area (Å²) in [4.78, 5) is 0. The first-order valence-corrected chi connectivity index (χ1v) is 3.87. The van der Waals surface area contributed by atoms with Crippen molar-refractivity contribution in [1.82, 2.24) is 0 Å². The first-order valence-electron chi connectivity index (χ1n) is 3.87. The quantitative estimate of drug-likeness (QED) is 0.740. The zero-order chi connectivity index (χ0) is 10.9. The van der Waals surface area contributed by atoms with Gasteiger partial charge >= 0.3 is 6.18 Å². The third kappa shape index (κ3) is 1.98. The van der Waals surface area contributed by atoms with E-state index in [0.29, 0.717) is 0 Å². The second-order valence-electron chi connectivity index (χ2n) is 2.95. The summed E-state index contributed by atoms with van der Waals surface area (Å²) < 4.78 is 36.4. The maximum Gasteiger partial charge on any atom is 0.418 e. The molecule has 0 amide bonds. The fraction of sp³-hybridized carbons (Fsp3) is 0.333. The zero-order valence-electron chi connectivity index (χ0n) is 7.34. The van der Waals surface area contributed by atoms with Gasteiger partial charge in [0.25, 0.3) is 0 Å². The summed E-state index contributed by atoms with van der Waals surface area (Å²) in [6.07, 6.45) is -7.40. The number of aryl methyl sites for hydroxylation is 1. The standard InChI is InChI=1S/C9H9F3O2/c1-5-3-2-4-6(13)7(5)8(14)9(10,11)12/h2-4,8,13-14H,1H3. The minimum atomic E-state index is -4.76. The Bertz CT molecular complexity index is 313. The van der Waals surface area contributed by atoms with Gasteiger partial charge in [0, 0.05) is 5.56 Å². The Labute approximate surface area is 78.6 Å². The highest BCUT2D eigenvalue weighted by Crippen LogP contribution is 2.38. The van der Waals surface area contributed by atoms with Gasteiger partial charge in [-0.1, -0.05) is 12.1 Å². The van der Waals surface area contributed by atoms with Crippen LogP contribution in [0.5, 0.6) is 5.75 Å². The summed E-state index contributed by atoms with van der Waals surface area (Å²) >= 11 is 0. The van der Waals surface area contributed by atoms with Crippen molar-refractivity contribution in [2.45, 2.75) is 19.2 Å². The molecule has 0 saturated carbocycles. The SMILES string of the molecule is Cc1cccc(O)c1C(O)C(F)(F)F. The van der Waals surface area contributed by atoms with Crippen molar-refractivity contribution in [2.75, 3.05) is 0 Å². The molecule has 14 heavy (non-hydrogen) atoms. The number of aromatic hydroxyl groups is 1. The average molecular weight is 206 g/mol. The van der Waals surface area contributed by atoms with Crippen molar-refractivity contribution >= 4 is 0 Å². The fourth-order valence-corrected chi connectivity index (χ4v) is 1.18. The molecule has 0 aliphatic rings. The number of phenolic OH excluding ortho intramolecular Hbond substituents is 1. The molecule has 78 valence electrons. The van der Waals surface area contributed by atoms with Crippen molar-refractivity contribution < 1.29 is 23.4 Å². The monoisotopic (exact) mass is 206 g/mol. The van der Waals surface area contributed by atoms with Crippen LogP contribution in [0.3, 0.4) is 0 Å². The van der Waals surface area contributed by atoms with Gasteiger partial charge in [0.1, 0.15) is 5.75 Å². The summed E-state index contributed by atoms with van der Waals surface area (Å²) in [5.41, 5.74) is -0.283. The largest absolute Gasteiger partial charge is 0.508 e. The average Bonchev–Trinajstić information content (AvgIpc) is 2.01. The lowest BCUT2D eigenvalue weighted by Crippen LogP contribution is -2.21. The third-order valence-corrected chi connectivity index (χ3v) is 1.88. The van der Waals surface area contributed by atoms with Crippen molar-refractivity contribution in [2.24, 2.45) is 0 Å². The molecule has 0 saturated heterocycles. The molecule has 1 rings (SSSR count). The molecule has 0 heterocycles. The summed E-state index contributed by atoms with van der Waals surface area (Å²) in [6.45, 7) is 1.39. The third-order valence-electron chi connectivity index (χ3n) is 1.88. The normalized spacial score (nSPS) is 14.1. The molecule has 1 aromatic rings. The lowest BCUT2D eigenvalue weighted by atomic mass is 10.0. The second kappa shape index (κ2) is 3.49. The van der Waals surface area contributed by atoms with E-state index in [2.05, 4.69) is 0 Å². The van der Waals surface area contributed by atoms with E-state index in [-0.39, 0.29) is 5.56 Å². The zero-order valence-corrected chi connectivity index (χ0v) is 7.34. The Balaban J connectivity index is 3.19. The first kappa shape index (κ1) is 10.8. The summed E-state index contributed by atoms with van der Waals surface area (Å²) in [5, 5.41) is 18.1. The van der Waals surface area contributed by atoms with E-state index in [1.54, 1.807) is 0 Å². The Hall–Kier alpha value is -1.23. The van der Waals surface area contributed by atoms with E-state index in [4.69, 9.17) is 10.2 Å². The van der Waals surface area contributed by atoms with Crippen LogP contribution < -0.4 is 0 Å². The van der Waals surface area contributed by atoms with E-state index in [0.717, 1.165) is 6.07 Å². The van der Waals surface area contributed by atoms with Crippen molar-refractivity contribution in [1.29, 1.82) is 0 Å². The van der Waals surface area contributed by atoms with Crippen molar-refractivity contribution in [3.63, 3.8) is 0 Å². The molecule has 0 aliphatic heterocycles. The molecule has 5 heteroatoms. The highest BCUT2D eigenvalue weighted by molar-refractivity contribution is 5.40. The van der Waals surface area contributed by atoms with E-state index in [1.165, 1.54) is 19.1 Å². The highest BCUT2D eigenvalue weighted by atomic mass is 19.4. The molecule has 1 aromatic carbocycles. The van der Waals surface area contributed by atoms with Gasteiger partial charge in [-0.15, -0.1) is 0 Å². The Kier molecular flexibility index (Phi) is 2.71. The molecule has 2 nitrogen and oxygen atoms in total. The van der Waals surface area contributed by atoms with Gasteiger partial charge in [-0.05, 0) is 18.6 Å². The first-order chi connectivity index (χ1) is 6.34. The van der Waals surface area contributed by atoms with Gasteiger partial charge in [0.2, 0.25) is 0 Å². The molecule has 0 aromatic heterocycles. The summed E-state index contributed by atoms with van der Waals surface area (Å²) in [6, 6.07) is 3.92. The molecule has 0 bridgehead atoms. The number of aliphatic hydroxyl groups is 1. The molecular formula is C9H9F3O2. The molecular weight excluding hydrogens is 197 g/mol. The number of hydrogen-bond acceptors (Lipinski definition) is 2. The lowest BCUT2D eigenvalue weighted by Gasteiger charge is -2.17. The van der Waals surface area contributed by atoms with Crippen LogP contribution in [0.25, 0.3) is 0 Å². The molecule has 0 fully saturated rings. The topological polar surface area (TPSA) is 40.5 Å². The lowest BCUT2D eigenvalue weighted by molar-refractivity contribution is -0.207. The molecule has 2 N–H and O–H groups in total. The van der Waals surface area contributed by atoms with Crippen LogP contribution in [0.4, 0.5) is 13.2 Å². The number of benzene rings is 1. The summed E-state index contributed by atoms with van der Waals surface area (Å²) in [5.74, 6) is -0.546. The van der Waals surface area contributed by atoms with Gasteiger partial charge in [-0.25, -0.2) is 0 Å². The van der Waals surface area contributed by atoms with Crippen LogP contribution in [-0.4, -0.2) is 16.4 Å². The fourth-order valence-electron chi connectivity index (χ4n) is 1.18. The Morgan fingerprint density at radius 1 is 1.29 bits per heavy atom. The number of halogens is 3. The van der Waals surface area contributed by atoms with Gasteiger partial charge < -0.3 is 10.2 Å². The molecule has 0 aliphatic carbocycles. The predicted octanol–water partition coefficient (Wildman–Crippen LogP) is 2.30. The van der Waals surface area contributed by atoms with E-state index < -0.39 is 23.6 Å². The van der Waals surface area contributed by atoms with Crippen LogP contribution in [-0.2, 0) is 0 Å². The van der Waals surface area contributed by atoms with Crippen LogP contribution in [0.15, 0.2) is 18.2 Å².